The fraction of sp³-hybridized carbons (Fsp3) is 0.0667. The van der Waals surface area contributed by atoms with Crippen LogP contribution in [-0.2, 0) is 19.3 Å². The van der Waals surface area contributed by atoms with Crippen molar-refractivity contribution in [1.82, 2.24) is 0 Å². The lowest BCUT2D eigenvalue weighted by Crippen LogP contribution is -2.12. The minimum atomic E-state index is -4.06. The first-order chi connectivity index (χ1) is 27.9. The van der Waals surface area contributed by atoms with Gasteiger partial charge in [-0.15, -0.1) is 19.7 Å². The fourth-order valence-electron chi connectivity index (χ4n) is 5.75. The summed E-state index contributed by atoms with van der Waals surface area (Å²) in [6, 6.07) is 50.6. The van der Waals surface area contributed by atoms with Gasteiger partial charge >= 0.3 is 23.0 Å². The molecule has 0 aliphatic carbocycles. The quantitative estimate of drug-likeness (QED) is 0.0634. The van der Waals surface area contributed by atoms with E-state index in [1.165, 1.54) is 0 Å². The Morgan fingerprint density at radius 3 is 0.842 bits per heavy atom. The highest BCUT2D eigenvalue weighted by Crippen LogP contribution is 2.79. The molecule has 0 radical (unpaired) electrons. The lowest BCUT2D eigenvalue weighted by molar-refractivity contribution is 0.440. The van der Waals surface area contributed by atoms with Gasteiger partial charge in [-0.25, -0.2) is 0 Å². The maximum Gasteiger partial charge on any atom is 0.460 e. The highest BCUT2D eigenvalue weighted by Gasteiger charge is 2.49. The van der Waals surface area contributed by atoms with Crippen LogP contribution in [0.5, 0.6) is 34.5 Å². The minimum Gasteiger partial charge on any atom is -0.413 e. The second kappa shape index (κ2) is 18.3. The van der Waals surface area contributed by atoms with Crippen LogP contribution in [-0.4, -0.2) is 0 Å². The topological polar surface area (TPSA) is 92.5 Å². The third kappa shape index (κ3) is 9.89. The van der Waals surface area contributed by atoms with E-state index in [0.717, 1.165) is 16.7 Å². The van der Waals surface area contributed by atoms with Crippen LogP contribution in [0.2, 0.25) is 0 Å². The molecule has 0 unspecified atom stereocenters. The molecule has 9 nitrogen and oxygen atoms in total. The number of hydrogen-bond acceptors (Lipinski definition) is 9. The predicted molar refractivity (Wildman–Crippen MR) is 232 cm³/mol. The molecular weight excluding hydrogens is 771 g/mol. The monoisotopic (exact) mass is 813 g/mol. The molecule has 1 heterocycles. The average molecular weight is 814 g/mol. The molecule has 57 heavy (non-hydrogen) atoms. The second-order valence-corrected chi connectivity index (χ2v) is 18.7. The smallest absolute Gasteiger partial charge is 0.413 e. The van der Waals surface area contributed by atoms with Gasteiger partial charge in [0.15, 0.2) is 0 Å². The molecule has 288 valence electrons. The molecular formula is C45H42N3O6P3. The van der Waals surface area contributed by atoms with E-state index in [9.17, 15) is 0 Å². The first kappa shape index (κ1) is 39.3. The van der Waals surface area contributed by atoms with Gasteiger partial charge in [-0.2, -0.15) is 0 Å². The number of rotatable bonds is 18. The Kier molecular flexibility index (Phi) is 12.6. The van der Waals surface area contributed by atoms with E-state index < -0.39 is 23.0 Å². The van der Waals surface area contributed by atoms with Crippen molar-refractivity contribution in [3.05, 3.63) is 218 Å². The Morgan fingerprint density at radius 1 is 0.333 bits per heavy atom. The van der Waals surface area contributed by atoms with Gasteiger partial charge in [0.25, 0.3) is 0 Å². The predicted octanol–water partition coefficient (Wildman–Crippen LogP) is 14.5. The molecule has 1 aliphatic rings. The van der Waals surface area contributed by atoms with Gasteiger partial charge in [0.2, 0.25) is 0 Å². The summed E-state index contributed by atoms with van der Waals surface area (Å²) in [4.78, 5) is 0. The Bertz CT molecular complexity index is 2220. The van der Waals surface area contributed by atoms with Gasteiger partial charge in [-0.3, -0.25) is 0 Å². The summed E-state index contributed by atoms with van der Waals surface area (Å²) in [5.74, 6) is 2.76. The zero-order chi connectivity index (χ0) is 39.4. The van der Waals surface area contributed by atoms with Crippen LogP contribution in [0, 0.1) is 0 Å². The molecule has 12 heteroatoms. The van der Waals surface area contributed by atoms with E-state index in [2.05, 4.69) is 19.7 Å². The van der Waals surface area contributed by atoms with Crippen LogP contribution in [0.3, 0.4) is 0 Å². The molecule has 0 N–H and O–H groups in total. The molecule has 0 atom stereocenters. The first-order valence-electron chi connectivity index (χ1n) is 18.2. The highest BCUT2D eigenvalue weighted by molar-refractivity contribution is 7.79. The summed E-state index contributed by atoms with van der Waals surface area (Å²) in [5, 5.41) is 0. The van der Waals surface area contributed by atoms with E-state index in [1.807, 2.05) is 164 Å². The number of hydrogen-bond donors (Lipinski definition) is 0. The Balaban J connectivity index is 1.61. The Morgan fingerprint density at radius 2 is 0.579 bits per heavy atom. The normalized spacial score (nSPS) is 19.6. The fourth-order valence-corrected chi connectivity index (χ4v) is 14.9. The molecule has 6 aromatic carbocycles. The molecule has 0 spiro atoms. The maximum absolute atomic E-state index is 7.10. The van der Waals surface area contributed by atoms with E-state index in [1.54, 1.807) is 18.2 Å². The van der Waals surface area contributed by atoms with Crippen LogP contribution in [0.1, 0.15) is 16.7 Å². The van der Waals surface area contributed by atoms with Crippen molar-refractivity contribution in [3.63, 3.8) is 0 Å². The van der Waals surface area contributed by atoms with Crippen molar-refractivity contribution in [2.24, 2.45) is 13.5 Å². The summed E-state index contributed by atoms with van der Waals surface area (Å²) in [6.45, 7) is 12.0. The molecule has 1 aliphatic heterocycles. The third-order valence-electron chi connectivity index (χ3n) is 8.24. The summed E-state index contributed by atoms with van der Waals surface area (Å²) in [6.07, 6.45) is 6.93. The zero-order valence-electron chi connectivity index (χ0n) is 31.2. The van der Waals surface area contributed by atoms with Crippen molar-refractivity contribution in [3.8, 4) is 34.5 Å². The third-order valence-corrected chi connectivity index (χ3v) is 16.3. The number of benzene rings is 6. The Hall–Kier alpha value is -5.97. The Labute approximate surface area is 334 Å². The number of allylic oxidation sites excluding steroid dienone is 3. The average Bonchev–Trinajstić information content (AvgIpc) is 3.21. The van der Waals surface area contributed by atoms with E-state index in [0.29, 0.717) is 53.8 Å². The summed E-state index contributed by atoms with van der Waals surface area (Å²) >= 11 is 0. The second-order valence-electron chi connectivity index (χ2n) is 12.5. The largest absolute Gasteiger partial charge is 0.460 e. The molecule has 0 saturated heterocycles. The highest BCUT2D eigenvalue weighted by atomic mass is 31.3. The molecule has 0 bridgehead atoms. The van der Waals surface area contributed by atoms with Crippen molar-refractivity contribution in [2.75, 3.05) is 0 Å². The molecule has 0 aromatic heterocycles. The van der Waals surface area contributed by atoms with Gasteiger partial charge in [-0.05, 0) is 90.6 Å². The van der Waals surface area contributed by atoms with Gasteiger partial charge < -0.3 is 27.1 Å². The first-order valence-corrected chi connectivity index (χ1v) is 22.8. The number of para-hydroxylation sites is 6. The standard InChI is InChI=1S/C45H42N3O6P3/c1-4-22-37-25-16-19-34-43(37)52-55(49-40-28-10-7-11-29-40)46-56(50-41-30-12-8-13-31-41,53-44-35-20-17-26-38(44)23-5-2)48-57(47-55,51-42-32-14-9-15-33-42)54-45-36-21-18-27-39(45)24-6-3/h4-21,25-36H,1-3,22-24H2. The molecule has 0 saturated carbocycles. The maximum atomic E-state index is 7.10. The van der Waals surface area contributed by atoms with Gasteiger partial charge in [-0.1, -0.05) is 141 Å². The van der Waals surface area contributed by atoms with Crippen molar-refractivity contribution >= 4 is 23.0 Å². The van der Waals surface area contributed by atoms with E-state index >= 15 is 0 Å². The summed E-state index contributed by atoms with van der Waals surface area (Å²) < 4.78 is 58.3. The van der Waals surface area contributed by atoms with Crippen LogP contribution in [0.15, 0.2) is 215 Å². The lowest BCUT2D eigenvalue weighted by Gasteiger charge is -2.33. The van der Waals surface area contributed by atoms with Crippen molar-refractivity contribution in [2.45, 2.75) is 19.3 Å². The van der Waals surface area contributed by atoms with E-state index in [-0.39, 0.29) is 0 Å². The van der Waals surface area contributed by atoms with Crippen molar-refractivity contribution in [1.29, 1.82) is 0 Å². The van der Waals surface area contributed by atoms with Crippen LogP contribution in [0.25, 0.3) is 0 Å². The number of nitrogens with zero attached hydrogens (tertiary/aromatic N) is 3. The molecule has 6 aromatic rings. The van der Waals surface area contributed by atoms with Crippen molar-refractivity contribution < 1.29 is 27.1 Å². The molecule has 7 rings (SSSR count). The van der Waals surface area contributed by atoms with Gasteiger partial charge in [0.1, 0.15) is 34.5 Å². The summed E-state index contributed by atoms with van der Waals surface area (Å²) in [7, 11) is -12.2. The molecule has 0 amide bonds. The van der Waals surface area contributed by atoms with Crippen LogP contribution >= 0.6 is 23.0 Å². The van der Waals surface area contributed by atoms with Gasteiger partial charge in [0, 0.05) is 0 Å². The van der Waals surface area contributed by atoms with Crippen LogP contribution in [0.4, 0.5) is 0 Å². The SMILES string of the molecule is C=CCc1ccccc1OP1(Oc2ccccc2)=NP(Oc2ccccc2)(Oc2ccccc2CC=C)=NP(Oc2ccccc2)(Oc2ccccc2CC=C)=N1. The van der Waals surface area contributed by atoms with Crippen LogP contribution < -0.4 is 27.1 Å². The zero-order valence-corrected chi connectivity index (χ0v) is 33.9. The van der Waals surface area contributed by atoms with E-state index in [4.69, 9.17) is 40.7 Å². The van der Waals surface area contributed by atoms with Gasteiger partial charge in [0.05, 0.1) is 0 Å². The molecule has 0 fully saturated rings. The minimum absolute atomic E-state index is 0.441. The lowest BCUT2D eigenvalue weighted by atomic mass is 10.1. The summed E-state index contributed by atoms with van der Waals surface area (Å²) in [5.41, 5.74) is 2.52.